The van der Waals surface area contributed by atoms with Crippen molar-refractivity contribution in [3.8, 4) is 0 Å². The average Bonchev–Trinajstić information content (AvgIpc) is 2.74. The second-order valence-electron chi connectivity index (χ2n) is 7.16. The summed E-state index contributed by atoms with van der Waals surface area (Å²) in [5.41, 5.74) is -0.440. The Bertz CT molecular complexity index is 1000. The fourth-order valence-corrected chi connectivity index (χ4v) is 4.36. The molecule has 7 nitrogen and oxygen atoms in total. The molecule has 2 N–H and O–H groups in total. The van der Waals surface area contributed by atoms with Crippen LogP contribution in [0.2, 0.25) is 0 Å². The van der Waals surface area contributed by atoms with E-state index >= 15 is 0 Å². The average molecular weight is 456 g/mol. The summed E-state index contributed by atoms with van der Waals surface area (Å²) in [6, 6.07) is 7.95. The van der Waals surface area contributed by atoms with E-state index in [2.05, 4.69) is 15.0 Å². The van der Waals surface area contributed by atoms with Gasteiger partial charge in [0.2, 0.25) is 10.0 Å². The smallest absolute Gasteiger partial charge is 0.356 e. The van der Waals surface area contributed by atoms with Crippen LogP contribution in [0, 0.1) is 0 Å². The number of carbonyl (C=O) groups is 1. The summed E-state index contributed by atoms with van der Waals surface area (Å²) in [6.45, 7) is 3.04. The molecule has 1 fully saturated rings. The van der Waals surface area contributed by atoms with Gasteiger partial charge in [0.05, 0.1) is 10.5 Å². The third-order valence-electron chi connectivity index (χ3n) is 4.99. The predicted octanol–water partition coefficient (Wildman–Crippen LogP) is 2.80. The van der Waals surface area contributed by atoms with Crippen molar-refractivity contribution in [1.82, 2.24) is 15.0 Å². The van der Waals surface area contributed by atoms with Crippen LogP contribution in [0.3, 0.4) is 0 Å². The summed E-state index contributed by atoms with van der Waals surface area (Å²) in [5.74, 6) is 0.161. The minimum atomic E-state index is -4.42. The maximum Gasteiger partial charge on any atom is 0.417 e. The number of hydrogen-bond acceptors (Lipinski definition) is 5. The van der Waals surface area contributed by atoms with Crippen molar-refractivity contribution in [1.29, 1.82) is 0 Å². The van der Waals surface area contributed by atoms with E-state index in [0.29, 0.717) is 37.3 Å². The van der Waals surface area contributed by atoms with Crippen molar-refractivity contribution >= 4 is 21.7 Å². The van der Waals surface area contributed by atoms with E-state index in [1.165, 1.54) is 30.3 Å². The van der Waals surface area contributed by atoms with Crippen molar-refractivity contribution in [3.05, 3.63) is 53.7 Å². The molecule has 0 spiro atoms. The second-order valence-corrected chi connectivity index (χ2v) is 8.93. The van der Waals surface area contributed by atoms with Crippen molar-refractivity contribution in [2.45, 2.75) is 36.9 Å². The van der Waals surface area contributed by atoms with Gasteiger partial charge in [-0.15, -0.1) is 0 Å². The number of amides is 1. The Kier molecular flexibility index (Phi) is 6.85. The summed E-state index contributed by atoms with van der Waals surface area (Å²) in [6.07, 6.45) is -2.37. The maximum atomic E-state index is 12.7. The fourth-order valence-electron chi connectivity index (χ4n) is 3.32. The minimum absolute atomic E-state index is 0.0863. The van der Waals surface area contributed by atoms with E-state index in [1.807, 2.05) is 4.90 Å². The summed E-state index contributed by atoms with van der Waals surface area (Å²) >= 11 is 0. The highest BCUT2D eigenvalue weighted by Gasteiger charge is 2.31. The Morgan fingerprint density at radius 1 is 1.13 bits per heavy atom. The second kappa shape index (κ2) is 9.23. The van der Waals surface area contributed by atoms with Crippen LogP contribution >= 0.6 is 0 Å². The van der Waals surface area contributed by atoms with Gasteiger partial charge in [-0.25, -0.2) is 18.1 Å². The van der Waals surface area contributed by atoms with Crippen LogP contribution in [0.15, 0.2) is 47.5 Å². The molecule has 0 radical (unpaired) electrons. The lowest BCUT2D eigenvalue weighted by atomic mass is 10.0. The number of rotatable bonds is 6. The molecule has 31 heavy (non-hydrogen) atoms. The molecule has 0 unspecified atom stereocenters. The molecule has 1 aliphatic rings. The standard InChI is InChI=1S/C20H23F3N4O3S/c1-2-25-31(29,30)17-6-3-14(4-7-17)19(28)26-16-9-11-27(12-10-16)18-8-5-15(13-24-18)20(21,22)23/h3-8,13,16,25H,2,9-12H2,1H3,(H,26,28). The monoisotopic (exact) mass is 456 g/mol. The van der Waals surface area contributed by atoms with Crippen LogP contribution in [-0.4, -0.2) is 45.0 Å². The zero-order valence-electron chi connectivity index (χ0n) is 16.8. The molecule has 11 heteroatoms. The Hall–Kier alpha value is -2.66. The van der Waals surface area contributed by atoms with Crippen molar-refractivity contribution in [2.75, 3.05) is 24.5 Å². The van der Waals surface area contributed by atoms with Gasteiger partial charge in [-0.2, -0.15) is 13.2 Å². The number of alkyl halides is 3. The van der Waals surface area contributed by atoms with E-state index < -0.39 is 21.8 Å². The lowest BCUT2D eigenvalue weighted by molar-refractivity contribution is -0.137. The van der Waals surface area contributed by atoms with E-state index in [4.69, 9.17) is 0 Å². The van der Waals surface area contributed by atoms with Crippen LogP contribution in [0.4, 0.5) is 19.0 Å². The van der Waals surface area contributed by atoms with Crippen molar-refractivity contribution in [2.24, 2.45) is 0 Å². The molecular weight excluding hydrogens is 433 g/mol. The lowest BCUT2D eigenvalue weighted by Crippen LogP contribution is -2.45. The molecule has 0 atom stereocenters. The minimum Gasteiger partial charge on any atom is -0.356 e. The number of aromatic nitrogens is 1. The molecule has 0 saturated carbocycles. The highest BCUT2D eigenvalue weighted by molar-refractivity contribution is 7.89. The molecular formula is C20H23F3N4O3S. The molecule has 3 rings (SSSR count). The molecule has 1 aromatic heterocycles. The number of carbonyl (C=O) groups excluding carboxylic acids is 1. The third kappa shape index (κ3) is 5.73. The van der Waals surface area contributed by atoms with Gasteiger partial charge in [0.1, 0.15) is 5.82 Å². The summed E-state index contributed by atoms with van der Waals surface area (Å²) in [5, 5.41) is 2.92. The Morgan fingerprint density at radius 2 is 1.77 bits per heavy atom. The quantitative estimate of drug-likeness (QED) is 0.698. The number of pyridine rings is 1. The molecule has 1 amide bonds. The summed E-state index contributed by atoms with van der Waals surface area (Å²) in [4.78, 5) is 18.3. The van der Waals surface area contributed by atoms with Gasteiger partial charge < -0.3 is 10.2 Å². The van der Waals surface area contributed by atoms with Gasteiger partial charge >= 0.3 is 6.18 Å². The zero-order chi connectivity index (χ0) is 22.6. The van der Waals surface area contributed by atoms with Crippen molar-refractivity contribution < 1.29 is 26.4 Å². The highest BCUT2D eigenvalue weighted by Crippen LogP contribution is 2.29. The van der Waals surface area contributed by atoms with E-state index in [-0.39, 0.29) is 23.4 Å². The molecule has 168 valence electrons. The van der Waals surface area contributed by atoms with Crippen LogP contribution in [-0.2, 0) is 16.2 Å². The SMILES string of the molecule is CCNS(=O)(=O)c1ccc(C(=O)NC2CCN(c3ccc(C(F)(F)F)cn3)CC2)cc1. The number of benzene rings is 1. The number of anilines is 1. The third-order valence-corrected chi connectivity index (χ3v) is 6.55. The zero-order valence-corrected chi connectivity index (χ0v) is 17.6. The number of hydrogen-bond donors (Lipinski definition) is 2. The predicted molar refractivity (Wildman–Crippen MR) is 109 cm³/mol. The largest absolute Gasteiger partial charge is 0.417 e. The molecule has 1 aliphatic heterocycles. The van der Waals surface area contributed by atoms with Gasteiger partial charge in [-0.3, -0.25) is 4.79 Å². The van der Waals surface area contributed by atoms with Crippen LogP contribution < -0.4 is 14.9 Å². The Balaban J connectivity index is 1.54. The number of nitrogens with zero attached hydrogens (tertiary/aromatic N) is 2. The van der Waals surface area contributed by atoms with Gasteiger partial charge in [0.15, 0.2) is 0 Å². The first-order chi connectivity index (χ1) is 14.6. The number of halogens is 3. The number of nitrogens with one attached hydrogen (secondary N) is 2. The Labute approximate surface area is 178 Å². The normalized spacial score (nSPS) is 15.7. The molecule has 2 aromatic rings. The van der Waals surface area contributed by atoms with E-state index in [0.717, 1.165) is 12.3 Å². The van der Waals surface area contributed by atoms with Crippen molar-refractivity contribution in [3.63, 3.8) is 0 Å². The van der Waals surface area contributed by atoms with Crippen LogP contribution in [0.1, 0.15) is 35.7 Å². The maximum absolute atomic E-state index is 12.7. The van der Waals surface area contributed by atoms with Gasteiger partial charge in [0, 0.05) is 37.4 Å². The highest BCUT2D eigenvalue weighted by atomic mass is 32.2. The van der Waals surface area contributed by atoms with Gasteiger partial charge in [0.25, 0.3) is 5.91 Å². The van der Waals surface area contributed by atoms with Gasteiger partial charge in [-0.1, -0.05) is 6.92 Å². The lowest BCUT2D eigenvalue weighted by Gasteiger charge is -2.33. The Morgan fingerprint density at radius 3 is 2.29 bits per heavy atom. The van der Waals surface area contributed by atoms with E-state index in [1.54, 1.807) is 6.92 Å². The van der Waals surface area contributed by atoms with Crippen LogP contribution in [0.5, 0.6) is 0 Å². The number of piperidine rings is 1. The summed E-state index contributed by atoms with van der Waals surface area (Å²) < 4.78 is 64.3. The topological polar surface area (TPSA) is 91.4 Å². The first-order valence-corrected chi connectivity index (χ1v) is 11.3. The van der Waals surface area contributed by atoms with Crippen LogP contribution in [0.25, 0.3) is 0 Å². The first kappa shape index (κ1) is 23.0. The molecule has 1 aromatic carbocycles. The van der Waals surface area contributed by atoms with E-state index in [9.17, 15) is 26.4 Å². The fraction of sp³-hybridized carbons (Fsp3) is 0.400. The van der Waals surface area contributed by atoms with Gasteiger partial charge in [-0.05, 0) is 49.2 Å². The molecule has 0 aliphatic carbocycles. The summed E-state index contributed by atoms with van der Waals surface area (Å²) in [7, 11) is -3.58. The molecule has 1 saturated heterocycles. The number of sulfonamides is 1. The molecule has 2 heterocycles. The molecule has 0 bridgehead atoms. The first-order valence-electron chi connectivity index (χ1n) is 9.79.